The lowest BCUT2D eigenvalue weighted by molar-refractivity contribution is -0.115. The Labute approximate surface area is 158 Å². The Hall–Kier alpha value is -1.86. The molecule has 140 valence electrons. The Bertz CT molecular complexity index is 808. The second-order valence-corrected chi connectivity index (χ2v) is 9.90. The van der Waals surface area contributed by atoms with Crippen LogP contribution in [-0.4, -0.2) is 25.3 Å². The molecule has 2 aromatic rings. The molecule has 0 spiro atoms. The molecule has 5 nitrogen and oxygen atoms in total. The standard InChI is InChI=1S/C19H23NO4S2/c21-19(11-13-26(22,23)18-5-1-2-6-18)20-15-7-9-16(10-8-15)24-14-17-4-3-12-25-17/h3-4,7-10,12,18H,1-2,5-6,11,13-14H2,(H,20,21). The highest BCUT2D eigenvalue weighted by Gasteiger charge is 2.28. The normalized spacial score (nSPS) is 15.1. The first-order valence-corrected chi connectivity index (χ1v) is 11.4. The average molecular weight is 394 g/mol. The third-order valence-electron chi connectivity index (χ3n) is 4.52. The van der Waals surface area contributed by atoms with Crippen molar-refractivity contribution in [1.29, 1.82) is 0 Å². The molecule has 1 aromatic heterocycles. The summed E-state index contributed by atoms with van der Waals surface area (Å²) in [6.45, 7) is 0.516. The third kappa shape index (κ3) is 5.32. The number of ether oxygens (including phenoxy) is 1. The number of hydrogen-bond donors (Lipinski definition) is 1. The minimum atomic E-state index is -3.16. The lowest BCUT2D eigenvalue weighted by Crippen LogP contribution is -2.24. The molecule has 0 aliphatic heterocycles. The molecule has 1 amide bonds. The molecule has 3 rings (SSSR count). The van der Waals surface area contributed by atoms with Crippen LogP contribution < -0.4 is 10.1 Å². The summed E-state index contributed by atoms with van der Waals surface area (Å²) in [6.07, 6.45) is 3.40. The molecule has 0 bridgehead atoms. The molecule has 0 radical (unpaired) electrons. The Morgan fingerprint density at radius 3 is 2.54 bits per heavy atom. The van der Waals surface area contributed by atoms with E-state index in [1.165, 1.54) is 0 Å². The van der Waals surface area contributed by atoms with E-state index in [1.54, 1.807) is 35.6 Å². The molecule has 7 heteroatoms. The van der Waals surface area contributed by atoms with E-state index >= 15 is 0 Å². The summed E-state index contributed by atoms with van der Waals surface area (Å²) >= 11 is 1.64. The van der Waals surface area contributed by atoms with Gasteiger partial charge in [-0.15, -0.1) is 11.3 Å². The highest BCUT2D eigenvalue weighted by molar-refractivity contribution is 7.92. The summed E-state index contributed by atoms with van der Waals surface area (Å²) in [7, 11) is -3.16. The van der Waals surface area contributed by atoms with Crippen LogP contribution >= 0.6 is 11.3 Å². The summed E-state index contributed by atoms with van der Waals surface area (Å²) in [4.78, 5) is 13.2. The molecule has 1 fully saturated rings. The molecule has 0 atom stereocenters. The molecule has 1 aliphatic carbocycles. The summed E-state index contributed by atoms with van der Waals surface area (Å²) in [5, 5.41) is 4.49. The lowest BCUT2D eigenvalue weighted by atomic mass is 10.3. The molecule has 0 unspecified atom stereocenters. The highest BCUT2D eigenvalue weighted by atomic mass is 32.2. The number of anilines is 1. The molecular formula is C19H23NO4S2. The highest BCUT2D eigenvalue weighted by Crippen LogP contribution is 2.25. The summed E-state index contributed by atoms with van der Waals surface area (Å²) in [6, 6.07) is 11.1. The number of carbonyl (C=O) groups is 1. The fraction of sp³-hybridized carbons (Fsp3) is 0.421. The van der Waals surface area contributed by atoms with Crippen molar-refractivity contribution >= 4 is 32.8 Å². The van der Waals surface area contributed by atoms with Gasteiger partial charge < -0.3 is 10.1 Å². The van der Waals surface area contributed by atoms with E-state index in [2.05, 4.69) is 5.32 Å². The maximum atomic E-state index is 12.2. The van der Waals surface area contributed by atoms with Crippen molar-refractivity contribution in [2.24, 2.45) is 0 Å². The number of hydrogen-bond acceptors (Lipinski definition) is 5. The van der Waals surface area contributed by atoms with Gasteiger partial charge in [-0.25, -0.2) is 8.42 Å². The van der Waals surface area contributed by atoms with Crippen molar-refractivity contribution < 1.29 is 17.9 Å². The van der Waals surface area contributed by atoms with Gasteiger partial charge in [0.05, 0.1) is 11.0 Å². The number of thiophene rings is 1. The van der Waals surface area contributed by atoms with Gasteiger partial charge in [0.1, 0.15) is 12.4 Å². The number of carbonyl (C=O) groups excluding carboxylic acids is 1. The molecule has 1 N–H and O–H groups in total. The van der Waals surface area contributed by atoms with Crippen LogP contribution in [0.5, 0.6) is 5.75 Å². The first kappa shape index (κ1) is 18.9. The van der Waals surface area contributed by atoms with Crippen molar-refractivity contribution in [2.75, 3.05) is 11.1 Å². The molecule has 0 saturated heterocycles. The van der Waals surface area contributed by atoms with Gasteiger partial charge in [0, 0.05) is 17.0 Å². The van der Waals surface area contributed by atoms with Crippen LogP contribution in [0, 0.1) is 0 Å². The van der Waals surface area contributed by atoms with E-state index < -0.39 is 9.84 Å². The smallest absolute Gasteiger partial charge is 0.225 e. The molecule has 1 saturated carbocycles. The second kappa shape index (κ2) is 8.68. The zero-order valence-electron chi connectivity index (χ0n) is 14.5. The van der Waals surface area contributed by atoms with E-state index in [1.807, 2.05) is 17.5 Å². The lowest BCUT2D eigenvalue weighted by Gasteiger charge is -2.11. The topological polar surface area (TPSA) is 72.5 Å². The Morgan fingerprint density at radius 2 is 1.88 bits per heavy atom. The summed E-state index contributed by atoms with van der Waals surface area (Å²) in [5.74, 6) is 0.366. The Kier molecular flexibility index (Phi) is 6.32. The fourth-order valence-corrected chi connectivity index (χ4v) is 5.53. The second-order valence-electron chi connectivity index (χ2n) is 6.46. The maximum absolute atomic E-state index is 12.2. The van der Waals surface area contributed by atoms with Crippen molar-refractivity contribution in [3.8, 4) is 5.75 Å². The number of rotatable bonds is 8. The van der Waals surface area contributed by atoms with Gasteiger partial charge in [-0.05, 0) is 48.6 Å². The third-order valence-corrected chi connectivity index (χ3v) is 7.63. The minimum absolute atomic E-state index is 0.00450. The van der Waals surface area contributed by atoms with Crippen LogP contribution in [0.25, 0.3) is 0 Å². The first-order valence-electron chi connectivity index (χ1n) is 8.79. The van der Waals surface area contributed by atoms with Crippen molar-refractivity contribution in [1.82, 2.24) is 0 Å². The fourth-order valence-electron chi connectivity index (χ4n) is 3.06. The number of amides is 1. The van der Waals surface area contributed by atoms with Gasteiger partial charge in [-0.1, -0.05) is 18.9 Å². The van der Waals surface area contributed by atoms with Crippen LogP contribution in [0.4, 0.5) is 5.69 Å². The van der Waals surface area contributed by atoms with Crippen molar-refractivity contribution in [3.05, 3.63) is 46.7 Å². The quantitative estimate of drug-likeness (QED) is 0.735. The van der Waals surface area contributed by atoms with Crippen molar-refractivity contribution in [3.63, 3.8) is 0 Å². The largest absolute Gasteiger partial charge is 0.488 e. The Morgan fingerprint density at radius 1 is 1.15 bits per heavy atom. The van der Waals surface area contributed by atoms with Crippen LogP contribution in [-0.2, 0) is 21.2 Å². The van der Waals surface area contributed by atoms with Crippen LogP contribution in [0.2, 0.25) is 0 Å². The number of benzene rings is 1. The van der Waals surface area contributed by atoms with E-state index in [0.29, 0.717) is 12.3 Å². The van der Waals surface area contributed by atoms with E-state index in [-0.39, 0.29) is 23.3 Å². The zero-order valence-corrected chi connectivity index (χ0v) is 16.2. The average Bonchev–Trinajstić information content (AvgIpc) is 3.33. The van der Waals surface area contributed by atoms with Gasteiger partial charge in [0.2, 0.25) is 5.91 Å². The first-order chi connectivity index (χ1) is 12.5. The molecule has 1 aromatic carbocycles. The summed E-state index contributed by atoms with van der Waals surface area (Å²) in [5.41, 5.74) is 0.636. The predicted molar refractivity (Wildman–Crippen MR) is 104 cm³/mol. The van der Waals surface area contributed by atoms with E-state index in [4.69, 9.17) is 4.74 Å². The van der Waals surface area contributed by atoms with Gasteiger partial charge in [0.25, 0.3) is 0 Å². The number of nitrogens with one attached hydrogen (secondary N) is 1. The molecule has 1 heterocycles. The zero-order chi connectivity index (χ0) is 18.4. The molecule has 26 heavy (non-hydrogen) atoms. The SMILES string of the molecule is O=C(CCS(=O)(=O)C1CCCC1)Nc1ccc(OCc2cccs2)cc1. The van der Waals surface area contributed by atoms with Crippen LogP contribution in [0.15, 0.2) is 41.8 Å². The number of sulfone groups is 1. The minimum Gasteiger partial charge on any atom is -0.488 e. The molecule has 1 aliphatic rings. The van der Waals surface area contributed by atoms with Crippen molar-refractivity contribution in [2.45, 2.75) is 44.0 Å². The van der Waals surface area contributed by atoms with E-state index in [9.17, 15) is 13.2 Å². The van der Waals surface area contributed by atoms with Gasteiger partial charge >= 0.3 is 0 Å². The van der Waals surface area contributed by atoms with Gasteiger partial charge in [0.15, 0.2) is 9.84 Å². The maximum Gasteiger partial charge on any atom is 0.225 e. The van der Waals surface area contributed by atoms with Gasteiger partial charge in [-0.2, -0.15) is 0 Å². The summed E-state index contributed by atoms with van der Waals surface area (Å²) < 4.78 is 30.1. The predicted octanol–water partition coefficient (Wildman–Crippen LogP) is 4.01. The van der Waals surface area contributed by atoms with Gasteiger partial charge in [-0.3, -0.25) is 4.79 Å². The van der Waals surface area contributed by atoms with Crippen LogP contribution in [0.1, 0.15) is 37.0 Å². The monoisotopic (exact) mass is 393 g/mol. The molecular weight excluding hydrogens is 370 g/mol. The Balaban J connectivity index is 1.45. The van der Waals surface area contributed by atoms with E-state index in [0.717, 1.165) is 36.3 Å². The van der Waals surface area contributed by atoms with Crippen LogP contribution in [0.3, 0.4) is 0 Å².